The normalized spacial score (nSPS) is 12.0. The Labute approximate surface area is 150 Å². The fourth-order valence-electron chi connectivity index (χ4n) is 2.41. The van der Waals surface area contributed by atoms with Crippen molar-refractivity contribution in [2.24, 2.45) is 0 Å². The molecule has 0 atom stereocenters. The average molecular weight is 382 g/mol. The van der Waals surface area contributed by atoms with Crippen molar-refractivity contribution in [2.45, 2.75) is 25.3 Å². The highest BCUT2D eigenvalue weighted by molar-refractivity contribution is 7.89. The summed E-state index contributed by atoms with van der Waals surface area (Å²) in [4.78, 5) is 4.22. The maximum Gasteiger partial charge on any atom is 0.248 e. The smallest absolute Gasteiger partial charge is 0.248 e. The molecule has 0 aliphatic heterocycles. The Morgan fingerprint density at radius 2 is 1.88 bits per heavy atom. The molecule has 0 saturated carbocycles. The van der Waals surface area contributed by atoms with Crippen molar-refractivity contribution in [3.05, 3.63) is 52.8 Å². The van der Waals surface area contributed by atoms with Crippen LogP contribution in [0.15, 0.2) is 44.3 Å². The lowest BCUT2D eigenvalue weighted by atomic mass is 10.2. The highest BCUT2D eigenvalue weighted by Gasteiger charge is 2.29. The minimum absolute atomic E-state index is 0.0139. The van der Waals surface area contributed by atoms with Gasteiger partial charge in [0.15, 0.2) is 11.5 Å². The Hall–Kier alpha value is -2.16. The Bertz CT molecular complexity index is 973. The van der Waals surface area contributed by atoms with Gasteiger partial charge in [-0.15, -0.1) is 0 Å². The van der Waals surface area contributed by atoms with Crippen molar-refractivity contribution in [1.82, 2.24) is 14.4 Å². The summed E-state index contributed by atoms with van der Waals surface area (Å²) in [5, 5.41) is 4.31. The van der Waals surface area contributed by atoms with E-state index in [4.69, 9.17) is 20.5 Å². The van der Waals surface area contributed by atoms with Crippen LogP contribution in [0, 0.1) is 13.8 Å². The minimum Gasteiger partial charge on any atom is -0.439 e. The number of nitrogens with zero attached hydrogens (tertiary/aromatic N) is 3. The van der Waals surface area contributed by atoms with Gasteiger partial charge in [0.1, 0.15) is 10.6 Å². The Balaban J connectivity index is 1.82. The van der Waals surface area contributed by atoms with E-state index in [-0.39, 0.29) is 23.1 Å². The number of aryl methyl sites for hydroxylation is 2. The van der Waals surface area contributed by atoms with Gasteiger partial charge in [0.25, 0.3) is 0 Å². The van der Waals surface area contributed by atoms with E-state index in [0.717, 1.165) is 9.87 Å². The monoisotopic (exact) mass is 381 g/mol. The van der Waals surface area contributed by atoms with Gasteiger partial charge in [0.05, 0.1) is 12.7 Å². The van der Waals surface area contributed by atoms with Gasteiger partial charge in [0.2, 0.25) is 15.9 Å². The third-order valence-corrected chi connectivity index (χ3v) is 5.98. The van der Waals surface area contributed by atoms with Crippen LogP contribution in [-0.4, -0.2) is 29.9 Å². The van der Waals surface area contributed by atoms with Crippen LogP contribution in [0.4, 0.5) is 0 Å². The molecule has 0 radical (unpaired) electrons. The summed E-state index contributed by atoms with van der Waals surface area (Å²) in [5.74, 6) is 1.07. The molecule has 1 aromatic carbocycles. The molecule has 0 fully saturated rings. The van der Waals surface area contributed by atoms with Crippen molar-refractivity contribution in [1.29, 1.82) is 0 Å². The fraction of sp³-hybridized carbons (Fsp3) is 0.250. The molecule has 0 aliphatic carbocycles. The van der Waals surface area contributed by atoms with Gasteiger partial charge in [-0.2, -0.15) is 4.31 Å². The van der Waals surface area contributed by atoms with Gasteiger partial charge in [0, 0.05) is 17.6 Å². The van der Waals surface area contributed by atoms with Crippen LogP contribution in [0.5, 0.6) is 0 Å². The van der Waals surface area contributed by atoms with E-state index in [1.165, 1.54) is 7.05 Å². The average Bonchev–Trinajstić information content (AvgIpc) is 3.15. The first kappa shape index (κ1) is 17.7. The van der Waals surface area contributed by atoms with Crippen LogP contribution >= 0.6 is 11.6 Å². The molecule has 0 aliphatic rings. The van der Waals surface area contributed by atoms with Crippen LogP contribution in [0.3, 0.4) is 0 Å². The van der Waals surface area contributed by atoms with Gasteiger partial charge in [-0.1, -0.05) is 16.8 Å². The third-order valence-electron chi connectivity index (χ3n) is 3.68. The molecular weight excluding hydrogens is 366 g/mol. The fourth-order valence-corrected chi connectivity index (χ4v) is 3.93. The maximum atomic E-state index is 12.7. The number of aromatic nitrogens is 2. The molecule has 2 heterocycles. The highest BCUT2D eigenvalue weighted by atomic mass is 35.5. The molecule has 0 bridgehead atoms. The summed E-state index contributed by atoms with van der Waals surface area (Å²) in [5.41, 5.74) is 1.12. The number of hydrogen-bond donors (Lipinski definition) is 0. The van der Waals surface area contributed by atoms with E-state index in [1.807, 2.05) is 0 Å². The number of oxazole rings is 1. The van der Waals surface area contributed by atoms with Crippen LogP contribution in [0.1, 0.15) is 17.3 Å². The standard InChI is InChI=1S/C16H16ClN3O4S/c1-10-16(11(2)24-19-10)25(21,22)20(3)9-15-18-8-14(23-15)12-4-6-13(17)7-5-12/h4-8H,9H2,1-3H3. The summed E-state index contributed by atoms with van der Waals surface area (Å²) >= 11 is 5.87. The van der Waals surface area contributed by atoms with E-state index in [9.17, 15) is 8.42 Å². The first-order chi connectivity index (χ1) is 11.8. The molecule has 7 nitrogen and oxygen atoms in total. The largest absolute Gasteiger partial charge is 0.439 e. The Morgan fingerprint density at radius 3 is 2.48 bits per heavy atom. The van der Waals surface area contributed by atoms with Crippen LogP contribution in [0.2, 0.25) is 5.02 Å². The van der Waals surface area contributed by atoms with Crippen LogP contribution in [-0.2, 0) is 16.6 Å². The molecule has 0 N–H and O–H groups in total. The summed E-state index contributed by atoms with van der Waals surface area (Å²) in [6, 6.07) is 7.09. The van der Waals surface area contributed by atoms with Crippen LogP contribution in [0.25, 0.3) is 11.3 Å². The Morgan fingerprint density at radius 1 is 1.20 bits per heavy atom. The second-order valence-electron chi connectivity index (χ2n) is 5.54. The molecular formula is C16H16ClN3O4S. The lowest BCUT2D eigenvalue weighted by molar-refractivity contribution is 0.386. The topological polar surface area (TPSA) is 89.4 Å². The Kier molecular flexibility index (Phi) is 4.68. The summed E-state index contributed by atoms with van der Waals surface area (Å²) in [6.45, 7) is 3.13. The molecule has 9 heteroatoms. The lowest BCUT2D eigenvalue weighted by Crippen LogP contribution is -2.27. The van der Waals surface area contributed by atoms with E-state index in [2.05, 4.69) is 10.1 Å². The van der Waals surface area contributed by atoms with Gasteiger partial charge in [-0.05, 0) is 38.1 Å². The van der Waals surface area contributed by atoms with Crippen LogP contribution < -0.4 is 0 Å². The van der Waals surface area contributed by atoms with E-state index >= 15 is 0 Å². The second-order valence-corrected chi connectivity index (χ2v) is 7.96. The summed E-state index contributed by atoms with van der Waals surface area (Å²) < 4.78 is 37.1. The summed E-state index contributed by atoms with van der Waals surface area (Å²) in [7, 11) is -2.30. The first-order valence-corrected chi connectivity index (χ1v) is 9.20. The predicted molar refractivity (Wildman–Crippen MR) is 91.6 cm³/mol. The predicted octanol–water partition coefficient (Wildman–Crippen LogP) is 3.42. The van der Waals surface area contributed by atoms with Crippen molar-refractivity contribution in [3.8, 4) is 11.3 Å². The quantitative estimate of drug-likeness (QED) is 0.672. The van der Waals surface area contributed by atoms with E-state index in [1.54, 1.807) is 44.3 Å². The molecule has 132 valence electrons. The van der Waals surface area contributed by atoms with Crippen molar-refractivity contribution in [3.63, 3.8) is 0 Å². The van der Waals surface area contributed by atoms with Crippen molar-refractivity contribution < 1.29 is 17.4 Å². The van der Waals surface area contributed by atoms with E-state index in [0.29, 0.717) is 16.5 Å². The molecule has 0 saturated heterocycles. The SMILES string of the molecule is Cc1noc(C)c1S(=O)(=O)N(C)Cc1ncc(-c2ccc(Cl)cc2)o1. The number of sulfonamides is 1. The molecule has 25 heavy (non-hydrogen) atoms. The molecule has 3 rings (SSSR count). The number of hydrogen-bond acceptors (Lipinski definition) is 6. The lowest BCUT2D eigenvalue weighted by Gasteiger charge is -2.14. The number of rotatable bonds is 5. The van der Waals surface area contributed by atoms with Gasteiger partial charge in [-0.25, -0.2) is 13.4 Å². The highest BCUT2D eigenvalue weighted by Crippen LogP contribution is 2.25. The van der Waals surface area contributed by atoms with Crippen molar-refractivity contribution >= 4 is 21.6 Å². The molecule has 0 unspecified atom stereocenters. The zero-order chi connectivity index (χ0) is 18.2. The molecule has 2 aromatic heterocycles. The zero-order valence-corrected chi connectivity index (χ0v) is 15.4. The molecule has 3 aromatic rings. The second kappa shape index (κ2) is 6.62. The molecule has 0 amide bonds. The van der Waals surface area contributed by atoms with E-state index < -0.39 is 10.0 Å². The number of benzene rings is 1. The first-order valence-electron chi connectivity index (χ1n) is 7.39. The van der Waals surface area contributed by atoms with Gasteiger partial charge < -0.3 is 8.94 Å². The maximum absolute atomic E-state index is 12.7. The van der Waals surface area contributed by atoms with Crippen molar-refractivity contribution in [2.75, 3.05) is 7.05 Å². The minimum atomic E-state index is -3.76. The number of halogens is 1. The molecule has 0 spiro atoms. The zero-order valence-electron chi connectivity index (χ0n) is 13.9. The third kappa shape index (κ3) is 3.46. The van der Waals surface area contributed by atoms with Gasteiger partial charge >= 0.3 is 0 Å². The summed E-state index contributed by atoms with van der Waals surface area (Å²) in [6.07, 6.45) is 1.55. The van der Waals surface area contributed by atoms with Gasteiger partial charge in [-0.3, -0.25) is 0 Å².